The van der Waals surface area contributed by atoms with Gasteiger partial charge in [-0.1, -0.05) is 30.3 Å². The Balaban J connectivity index is 1.64. The van der Waals surface area contributed by atoms with E-state index in [1.165, 1.54) is 5.56 Å². The van der Waals surface area contributed by atoms with Crippen LogP contribution in [0.15, 0.2) is 42.7 Å². The van der Waals surface area contributed by atoms with Gasteiger partial charge in [0.25, 0.3) is 0 Å². The van der Waals surface area contributed by atoms with Crippen molar-refractivity contribution in [1.29, 1.82) is 0 Å². The molecular weight excluding hydrogens is 274 g/mol. The number of carbonyl (C=O) groups excluding carboxylic acids is 1. The van der Waals surface area contributed by atoms with Gasteiger partial charge in [0.1, 0.15) is 0 Å². The molecule has 2 aromatic rings. The molecule has 5 heteroatoms. The lowest BCUT2D eigenvalue weighted by Gasteiger charge is -2.13. The third-order valence-electron chi connectivity index (χ3n) is 3.41. The van der Waals surface area contributed by atoms with E-state index in [4.69, 9.17) is 11.6 Å². The Kier molecular flexibility index (Phi) is 3.74. The smallest absolute Gasteiger partial charge is 0.224 e. The first kappa shape index (κ1) is 13.2. The number of halogens is 1. The Labute approximate surface area is 123 Å². The predicted molar refractivity (Wildman–Crippen MR) is 77.4 cm³/mol. The second-order valence-electron chi connectivity index (χ2n) is 5.11. The molecule has 1 aromatic carbocycles. The molecule has 0 bridgehead atoms. The molecule has 0 radical (unpaired) electrons. The van der Waals surface area contributed by atoms with Crippen molar-refractivity contribution in [2.45, 2.75) is 24.9 Å². The van der Waals surface area contributed by atoms with Gasteiger partial charge in [-0.3, -0.25) is 9.48 Å². The summed E-state index contributed by atoms with van der Waals surface area (Å²) in [6.45, 7) is 1.97. The molecule has 1 aliphatic rings. The van der Waals surface area contributed by atoms with Crippen LogP contribution in [0.5, 0.6) is 0 Å². The van der Waals surface area contributed by atoms with Crippen molar-refractivity contribution in [3.05, 3.63) is 53.9 Å². The van der Waals surface area contributed by atoms with E-state index >= 15 is 0 Å². The summed E-state index contributed by atoms with van der Waals surface area (Å²) in [5, 5.41) is 4.29. The summed E-state index contributed by atoms with van der Waals surface area (Å²) in [5.74, 6) is 0.126. The maximum atomic E-state index is 11.7. The molecule has 0 saturated carbocycles. The summed E-state index contributed by atoms with van der Waals surface area (Å²) in [6.07, 6.45) is 4.25. The molecule has 1 unspecified atom stereocenters. The van der Waals surface area contributed by atoms with Crippen LogP contribution in [-0.4, -0.2) is 32.5 Å². The zero-order chi connectivity index (χ0) is 13.9. The highest BCUT2D eigenvalue weighted by molar-refractivity contribution is 6.22. The van der Waals surface area contributed by atoms with Crippen LogP contribution < -0.4 is 0 Å². The van der Waals surface area contributed by atoms with E-state index in [-0.39, 0.29) is 11.3 Å². The summed E-state index contributed by atoms with van der Waals surface area (Å²) in [6, 6.07) is 10.2. The number of benzene rings is 1. The highest BCUT2D eigenvalue weighted by Gasteiger charge is 2.27. The van der Waals surface area contributed by atoms with Gasteiger partial charge in [0.2, 0.25) is 5.91 Å². The first-order valence-electron chi connectivity index (χ1n) is 6.68. The van der Waals surface area contributed by atoms with Crippen LogP contribution in [0.2, 0.25) is 0 Å². The molecule has 1 aliphatic heterocycles. The molecule has 0 N–H and O–H groups in total. The molecule has 1 amide bonds. The van der Waals surface area contributed by atoms with Gasteiger partial charge < -0.3 is 4.90 Å². The van der Waals surface area contributed by atoms with Crippen molar-refractivity contribution >= 4 is 17.5 Å². The topological polar surface area (TPSA) is 38.1 Å². The third kappa shape index (κ3) is 3.02. The quantitative estimate of drug-likeness (QED) is 0.810. The number of rotatable bonds is 4. The van der Waals surface area contributed by atoms with Gasteiger partial charge in [-0.25, -0.2) is 0 Å². The number of aromatic nitrogens is 2. The molecule has 2 heterocycles. The van der Waals surface area contributed by atoms with Crippen molar-refractivity contribution in [2.24, 2.45) is 0 Å². The fourth-order valence-electron chi connectivity index (χ4n) is 2.44. The van der Waals surface area contributed by atoms with E-state index in [0.717, 1.165) is 12.1 Å². The van der Waals surface area contributed by atoms with E-state index in [9.17, 15) is 4.79 Å². The number of amides is 1. The van der Waals surface area contributed by atoms with Crippen LogP contribution in [0.3, 0.4) is 0 Å². The molecule has 1 saturated heterocycles. The van der Waals surface area contributed by atoms with Crippen LogP contribution in [-0.2, 0) is 17.9 Å². The third-order valence-corrected chi connectivity index (χ3v) is 3.71. The van der Waals surface area contributed by atoms with Crippen LogP contribution >= 0.6 is 11.6 Å². The molecule has 1 aromatic heterocycles. The average Bonchev–Trinajstić information content (AvgIpc) is 2.98. The fraction of sp³-hybridized carbons (Fsp3) is 0.333. The summed E-state index contributed by atoms with van der Waals surface area (Å²) >= 11 is 6.00. The van der Waals surface area contributed by atoms with E-state index in [0.29, 0.717) is 19.5 Å². The molecule has 3 rings (SSSR count). The molecule has 1 atom stereocenters. The van der Waals surface area contributed by atoms with Crippen LogP contribution in [0.1, 0.15) is 17.5 Å². The van der Waals surface area contributed by atoms with Crippen molar-refractivity contribution in [3.8, 4) is 0 Å². The van der Waals surface area contributed by atoms with Gasteiger partial charge in [-0.15, -0.1) is 11.6 Å². The van der Waals surface area contributed by atoms with E-state index in [1.54, 1.807) is 4.90 Å². The molecular formula is C15H16ClN3O. The van der Waals surface area contributed by atoms with Crippen molar-refractivity contribution in [3.63, 3.8) is 0 Å². The number of hydrogen-bond donors (Lipinski definition) is 0. The van der Waals surface area contributed by atoms with Crippen molar-refractivity contribution in [2.75, 3.05) is 6.54 Å². The van der Waals surface area contributed by atoms with E-state index < -0.39 is 0 Å². The van der Waals surface area contributed by atoms with Crippen LogP contribution in [0, 0.1) is 0 Å². The Hall–Kier alpha value is -1.81. The minimum absolute atomic E-state index is 0.0538. The van der Waals surface area contributed by atoms with Crippen LogP contribution in [0.4, 0.5) is 0 Å². The lowest BCUT2D eigenvalue weighted by molar-refractivity contribution is -0.128. The van der Waals surface area contributed by atoms with Gasteiger partial charge in [0.15, 0.2) is 0 Å². The number of likely N-dealkylation sites (tertiary alicyclic amines) is 1. The van der Waals surface area contributed by atoms with Crippen molar-refractivity contribution in [1.82, 2.24) is 14.7 Å². The maximum absolute atomic E-state index is 11.7. The first-order chi connectivity index (χ1) is 9.70. The van der Waals surface area contributed by atoms with Gasteiger partial charge in [-0.2, -0.15) is 5.10 Å². The molecule has 104 valence electrons. The lowest BCUT2D eigenvalue weighted by atomic mass is 10.2. The molecule has 0 aliphatic carbocycles. The molecule has 1 fully saturated rings. The average molecular weight is 290 g/mol. The number of alkyl halides is 1. The standard InChI is InChI=1S/C15H16ClN3O/c16-14-6-15(20)18(11-14)8-13-7-17-19(10-13)9-12-4-2-1-3-5-12/h1-5,7,10,14H,6,8-9,11H2. The first-order valence-corrected chi connectivity index (χ1v) is 7.11. The second-order valence-corrected chi connectivity index (χ2v) is 5.72. The lowest BCUT2D eigenvalue weighted by Crippen LogP contribution is -2.24. The Morgan fingerprint density at radius 1 is 1.20 bits per heavy atom. The van der Waals surface area contributed by atoms with Crippen molar-refractivity contribution < 1.29 is 4.79 Å². The van der Waals surface area contributed by atoms with Gasteiger partial charge in [0.05, 0.1) is 18.1 Å². The number of carbonyl (C=O) groups is 1. The van der Waals surface area contributed by atoms with E-state index in [2.05, 4.69) is 17.2 Å². The summed E-state index contributed by atoms with van der Waals surface area (Å²) in [7, 11) is 0. The van der Waals surface area contributed by atoms with Gasteiger partial charge >= 0.3 is 0 Å². The summed E-state index contributed by atoms with van der Waals surface area (Å²) in [4.78, 5) is 13.5. The fourth-order valence-corrected chi connectivity index (χ4v) is 2.74. The van der Waals surface area contributed by atoms with Crippen LogP contribution in [0.25, 0.3) is 0 Å². The largest absolute Gasteiger partial charge is 0.337 e. The zero-order valence-electron chi connectivity index (χ0n) is 11.1. The second kappa shape index (κ2) is 5.67. The monoisotopic (exact) mass is 289 g/mol. The SMILES string of the molecule is O=C1CC(Cl)CN1Cc1cnn(Cc2ccccc2)c1. The Morgan fingerprint density at radius 3 is 2.70 bits per heavy atom. The molecule has 20 heavy (non-hydrogen) atoms. The normalized spacial score (nSPS) is 18.8. The summed E-state index contributed by atoms with van der Waals surface area (Å²) in [5.41, 5.74) is 2.25. The Morgan fingerprint density at radius 2 is 2.00 bits per heavy atom. The molecule has 0 spiro atoms. The van der Waals surface area contributed by atoms with Gasteiger partial charge in [0, 0.05) is 31.3 Å². The van der Waals surface area contributed by atoms with Gasteiger partial charge in [-0.05, 0) is 5.56 Å². The maximum Gasteiger partial charge on any atom is 0.224 e. The predicted octanol–water partition coefficient (Wildman–Crippen LogP) is 2.27. The Bertz CT molecular complexity index is 596. The summed E-state index contributed by atoms with van der Waals surface area (Å²) < 4.78 is 1.89. The minimum Gasteiger partial charge on any atom is -0.337 e. The van der Waals surface area contributed by atoms with E-state index in [1.807, 2.05) is 35.3 Å². The highest BCUT2D eigenvalue weighted by Crippen LogP contribution is 2.18. The minimum atomic E-state index is -0.0538. The highest BCUT2D eigenvalue weighted by atomic mass is 35.5. The number of nitrogens with zero attached hydrogens (tertiary/aromatic N) is 3. The zero-order valence-corrected chi connectivity index (χ0v) is 11.8. The number of hydrogen-bond acceptors (Lipinski definition) is 2. The molecule has 4 nitrogen and oxygen atoms in total.